The minimum absolute atomic E-state index is 0.221. The van der Waals surface area contributed by atoms with Gasteiger partial charge in [-0.3, -0.25) is 14.3 Å². The highest BCUT2D eigenvalue weighted by Gasteiger charge is 2.21. The van der Waals surface area contributed by atoms with Gasteiger partial charge in [-0.2, -0.15) is 0 Å². The minimum atomic E-state index is -0.365. The van der Waals surface area contributed by atoms with Gasteiger partial charge in [0.05, 0.1) is 16.6 Å². The molecule has 0 bridgehead atoms. The third kappa shape index (κ3) is 4.12. The number of amides is 1. The molecule has 0 unspecified atom stereocenters. The lowest BCUT2D eigenvalue weighted by Crippen LogP contribution is -2.27. The molecule has 27 heavy (non-hydrogen) atoms. The first kappa shape index (κ1) is 19.3. The number of hydrogen-bond acceptors (Lipinski definition) is 3. The molecular weight excluding hydrogens is 382 g/mol. The number of aromatic nitrogens is 2. The lowest BCUT2D eigenvalue weighted by atomic mass is 10.3. The summed E-state index contributed by atoms with van der Waals surface area (Å²) in [5.74, 6) is -0.221. The fourth-order valence-corrected chi connectivity index (χ4v) is 3.70. The number of nitrogens with one attached hydrogen (secondary N) is 1. The number of carbonyl (C=O) groups is 1. The Balaban J connectivity index is 1.82. The molecule has 1 heterocycles. The number of carbonyl (C=O) groups excluding carboxylic acids is 1. The van der Waals surface area contributed by atoms with Crippen LogP contribution in [0.1, 0.15) is 12.6 Å². The predicted octanol–water partition coefficient (Wildman–Crippen LogP) is 4.26. The number of thioether (sulfide) groups is 1. The molecule has 1 N–H and O–H groups in total. The molecule has 0 spiro atoms. The molecule has 3 rings (SSSR count). The van der Waals surface area contributed by atoms with Gasteiger partial charge < -0.3 is 5.32 Å². The van der Waals surface area contributed by atoms with Gasteiger partial charge in [-0.25, -0.2) is 4.68 Å². The summed E-state index contributed by atoms with van der Waals surface area (Å²) in [6.07, 6.45) is 0. The highest BCUT2D eigenvalue weighted by atomic mass is 35.5. The molecule has 3 aromatic rings. The molecular formula is C20H20ClN3O2S. The molecule has 2 aromatic carbocycles. The highest BCUT2D eigenvalue weighted by Crippen LogP contribution is 2.25. The lowest BCUT2D eigenvalue weighted by molar-refractivity contribution is -0.115. The molecule has 0 aliphatic carbocycles. The smallest absolute Gasteiger partial charge is 0.295 e. The van der Waals surface area contributed by atoms with Crippen molar-refractivity contribution >= 4 is 35.0 Å². The lowest BCUT2D eigenvalue weighted by Gasteiger charge is -2.11. The van der Waals surface area contributed by atoms with Crippen LogP contribution in [0.2, 0.25) is 5.02 Å². The molecule has 0 aliphatic rings. The van der Waals surface area contributed by atoms with Gasteiger partial charge in [-0.15, -0.1) is 11.8 Å². The van der Waals surface area contributed by atoms with Gasteiger partial charge in [0.1, 0.15) is 5.69 Å². The Bertz CT molecular complexity index is 1010. The molecule has 0 saturated heterocycles. The van der Waals surface area contributed by atoms with Crippen LogP contribution >= 0.6 is 23.4 Å². The van der Waals surface area contributed by atoms with Gasteiger partial charge in [0, 0.05) is 17.0 Å². The maximum absolute atomic E-state index is 12.9. The molecule has 140 valence electrons. The van der Waals surface area contributed by atoms with Crippen molar-refractivity contribution in [1.29, 1.82) is 0 Å². The number of rotatable bonds is 5. The van der Waals surface area contributed by atoms with E-state index in [0.717, 1.165) is 10.6 Å². The van der Waals surface area contributed by atoms with E-state index in [1.165, 1.54) is 11.8 Å². The average Bonchev–Trinajstić information content (AvgIpc) is 2.87. The molecule has 0 radical (unpaired) electrons. The van der Waals surface area contributed by atoms with Gasteiger partial charge in [-0.1, -0.05) is 29.8 Å². The molecule has 0 saturated carbocycles. The monoisotopic (exact) mass is 401 g/mol. The Kier molecular flexibility index (Phi) is 5.77. The van der Waals surface area contributed by atoms with Gasteiger partial charge >= 0.3 is 0 Å². The van der Waals surface area contributed by atoms with Crippen molar-refractivity contribution in [3.05, 3.63) is 75.7 Å². The van der Waals surface area contributed by atoms with Gasteiger partial charge in [0.15, 0.2) is 0 Å². The maximum atomic E-state index is 12.9. The Morgan fingerprint density at radius 2 is 1.74 bits per heavy atom. The largest absolute Gasteiger partial charge is 0.319 e. The summed E-state index contributed by atoms with van der Waals surface area (Å²) >= 11 is 7.31. The second-order valence-corrected chi connectivity index (χ2v) is 7.99. The van der Waals surface area contributed by atoms with E-state index < -0.39 is 0 Å². The number of benzene rings is 2. The zero-order chi connectivity index (χ0) is 19.6. The van der Waals surface area contributed by atoms with Gasteiger partial charge in [0.2, 0.25) is 5.91 Å². The Morgan fingerprint density at radius 3 is 2.37 bits per heavy atom. The second kappa shape index (κ2) is 8.06. The van der Waals surface area contributed by atoms with Crippen molar-refractivity contribution in [2.24, 2.45) is 7.05 Å². The molecule has 1 amide bonds. The van der Waals surface area contributed by atoms with Crippen molar-refractivity contribution in [2.45, 2.75) is 24.0 Å². The molecule has 0 fully saturated rings. The van der Waals surface area contributed by atoms with Crippen LogP contribution in [0.4, 0.5) is 5.69 Å². The quantitative estimate of drug-likeness (QED) is 0.650. The van der Waals surface area contributed by atoms with Crippen LogP contribution in [0, 0.1) is 6.92 Å². The average molecular weight is 402 g/mol. The van der Waals surface area contributed by atoms with Crippen molar-refractivity contribution in [2.75, 3.05) is 5.32 Å². The van der Waals surface area contributed by atoms with Gasteiger partial charge in [0.25, 0.3) is 5.56 Å². The molecule has 1 atom stereocenters. The van der Waals surface area contributed by atoms with Crippen molar-refractivity contribution in [3.63, 3.8) is 0 Å². The highest BCUT2D eigenvalue weighted by molar-refractivity contribution is 8.00. The zero-order valence-corrected chi connectivity index (χ0v) is 16.8. The summed E-state index contributed by atoms with van der Waals surface area (Å²) in [6, 6.07) is 16.6. The second-order valence-electron chi connectivity index (χ2n) is 6.14. The topological polar surface area (TPSA) is 56.0 Å². The minimum Gasteiger partial charge on any atom is -0.319 e. The summed E-state index contributed by atoms with van der Waals surface area (Å²) < 4.78 is 3.28. The van der Waals surface area contributed by atoms with Crippen LogP contribution in [-0.2, 0) is 11.8 Å². The van der Waals surface area contributed by atoms with Crippen LogP contribution in [0.15, 0.2) is 64.3 Å². The first-order valence-electron chi connectivity index (χ1n) is 8.45. The zero-order valence-electron chi connectivity index (χ0n) is 15.3. The molecule has 0 aliphatic heterocycles. The fraction of sp³-hybridized carbons (Fsp3) is 0.200. The standard InChI is InChI=1S/C20H20ClN3O2S/c1-13-18(20(26)24(23(13)3)16-7-5-4-6-8-16)22-19(25)14(2)27-17-11-9-15(21)10-12-17/h4-12,14H,1-3H3,(H,22,25)/t14-/m0/s1. The van der Waals surface area contributed by atoms with E-state index in [4.69, 9.17) is 11.6 Å². The summed E-state index contributed by atoms with van der Waals surface area (Å²) in [7, 11) is 1.80. The van der Waals surface area contributed by atoms with E-state index in [-0.39, 0.29) is 16.7 Å². The van der Waals surface area contributed by atoms with Crippen molar-refractivity contribution in [1.82, 2.24) is 9.36 Å². The van der Waals surface area contributed by atoms with E-state index >= 15 is 0 Å². The summed E-state index contributed by atoms with van der Waals surface area (Å²) in [5.41, 5.74) is 1.49. The molecule has 7 heteroatoms. The first-order valence-corrected chi connectivity index (χ1v) is 9.71. The number of anilines is 1. The third-order valence-corrected chi connectivity index (χ3v) is 5.66. The number of halogens is 1. The van der Waals surface area contributed by atoms with E-state index in [2.05, 4.69) is 5.32 Å². The predicted molar refractivity (Wildman–Crippen MR) is 111 cm³/mol. The molecule has 5 nitrogen and oxygen atoms in total. The van der Waals surface area contributed by atoms with Crippen LogP contribution in [0.5, 0.6) is 0 Å². The Labute approximate surface area is 166 Å². The van der Waals surface area contributed by atoms with Gasteiger partial charge in [-0.05, 0) is 50.2 Å². The maximum Gasteiger partial charge on any atom is 0.295 e. The Morgan fingerprint density at radius 1 is 1.11 bits per heavy atom. The summed E-state index contributed by atoms with van der Waals surface area (Å²) in [5, 5.41) is 3.09. The SMILES string of the molecule is Cc1c(NC(=O)[C@H](C)Sc2ccc(Cl)cc2)c(=O)n(-c2ccccc2)n1C. The summed E-state index contributed by atoms with van der Waals surface area (Å²) in [6.45, 7) is 3.62. The van der Waals surface area contributed by atoms with Crippen LogP contribution in [-0.4, -0.2) is 20.5 Å². The van der Waals surface area contributed by atoms with Crippen molar-refractivity contribution < 1.29 is 4.79 Å². The fourth-order valence-electron chi connectivity index (χ4n) is 2.71. The van der Waals surface area contributed by atoms with E-state index in [1.807, 2.05) is 56.3 Å². The first-order chi connectivity index (χ1) is 12.9. The Hall–Kier alpha value is -2.44. The number of hydrogen-bond donors (Lipinski definition) is 1. The van der Waals surface area contributed by atoms with E-state index in [0.29, 0.717) is 16.4 Å². The number of nitrogens with zero attached hydrogens (tertiary/aromatic N) is 2. The van der Waals surface area contributed by atoms with E-state index in [1.54, 1.807) is 28.5 Å². The summed E-state index contributed by atoms with van der Waals surface area (Å²) in [4.78, 5) is 26.4. The third-order valence-electron chi connectivity index (χ3n) is 4.30. The van der Waals surface area contributed by atoms with Crippen LogP contribution < -0.4 is 10.9 Å². The number of para-hydroxylation sites is 1. The normalized spacial score (nSPS) is 12.0. The van der Waals surface area contributed by atoms with Crippen LogP contribution in [0.3, 0.4) is 0 Å². The van der Waals surface area contributed by atoms with Crippen molar-refractivity contribution in [3.8, 4) is 5.69 Å². The molecule has 1 aromatic heterocycles. The van der Waals surface area contributed by atoms with E-state index in [9.17, 15) is 9.59 Å². The van der Waals surface area contributed by atoms with Crippen LogP contribution in [0.25, 0.3) is 5.69 Å².